The number of thiophene rings is 2. The molecule has 10 aromatic rings. The summed E-state index contributed by atoms with van der Waals surface area (Å²) in [5.74, 6) is 0. The van der Waals surface area contributed by atoms with Gasteiger partial charge in [-0.3, -0.25) is 16.0 Å². The lowest BCUT2D eigenvalue weighted by Gasteiger charge is -2.39. The smallest absolute Gasteiger partial charge is 0.141 e. The van der Waals surface area contributed by atoms with Gasteiger partial charge in [-0.25, -0.2) is 0 Å². The first kappa shape index (κ1) is 29.4. The normalized spacial score (nSPS) is 18.2. The van der Waals surface area contributed by atoms with Crippen molar-refractivity contribution in [2.75, 3.05) is 0 Å². The molecule has 0 aliphatic carbocycles. The van der Waals surface area contributed by atoms with E-state index in [2.05, 4.69) is 155 Å². The number of hydrogen-bond acceptors (Lipinski definition) is 6. The number of rotatable bonds is 4. The first-order valence-electron chi connectivity index (χ1n) is 17.4. The third-order valence-corrected chi connectivity index (χ3v) is 12.9. The lowest BCUT2D eigenvalue weighted by atomic mass is 10.00. The highest BCUT2D eigenvalue weighted by Crippen LogP contribution is 2.46. The quantitative estimate of drug-likeness (QED) is 0.172. The summed E-state index contributed by atoms with van der Waals surface area (Å²) in [6.07, 6.45) is -0.340. The van der Waals surface area contributed by atoms with Crippen LogP contribution < -0.4 is 16.0 Å². The van der Waals surface area contributed by atoms with Crippen LogP contribution in [-0.4, -0.2) is 0 Å². The van der Waals surface area contributed by atoms with E-state index in [4.69, 9.17) is 4.42 Å². The summed E-state index contributed by atoms with van der Waals surface area (Å²) < 4.78 is 11.8. The summed E-state index contributed by atoms with van der Waals surface area (Å²) in [5.41, 5.74) is 7.91. The van der Waals surface area contributed by atoms with Gasteiger partial charge in [0.1, 0.15) is 11.2 Å². The first-order chi connectivity index (χ1) is 25.3. The maximum Gasteiger partial charge on any atom is 0.141 e. The second-order valence-corrected chi connectivity index (χ2v) is 15.5. The van der Waals surface area contributed by atoms with Crippen LogP contribution in [0.3, 0.4) is 0 Å². The molecule has 7 aromatic carbocycles. The SMILES string of the molecule is c1ccc(C2NC(c3ccc4c(c3)sc3c(-c5cccc6c5sc5ccccc56)cccc34)NC(c3cccc4c3oc3ccccc34)N2)cc1. The number of benzene rings is 7. The molecule has 0 radical (unpaired) electrons. The van der Waals surface area contributed by atoms with Gasteiger partial charge in [-0.05, 0) is 29.3 Å². The zero-order valence-electron chi connectivity index (χ0n) is 27.4. The van der Waals surface area contributed by atoms with Crippen molar-refractivity contribution >= 4 is 85.0 Å². The second kappa shape index (κ2) is 11.6. The summed E-state index contributed by atoms with van der Waals surface area (Å²) in [6, 6.07) is 54.7. The van der Waals surface area contributed by atoms with Crippen molar-refractivity contribution in [2.24, 2.45) is 0 Å². The molecule has 3 atom stereocenters. The highest BCUT2D eigenvalue weighted by atomic mass is 32.1. The summed E-state index contributed by atoms with van der Waals surface area (Å²) in [6.45, 7) is 0. The average molecular weight is 694 g/mol. The zero-order chi connectivity index (χ0) is 33.5. The molecule has 0 bridgehead atoms. The standard InChI is InChI=1S/C45H31N3OS2/c1-2-11-26(12-3-1)43-46-44(48-45(47-43)36-20-8-15-31-28-13-4-6-21-37(28)49-40(31)36)27-23-24-30-33-17-10-19-35(42(33)51-39(30)25-27)34-18-9-16-32-29-14-5-7-22-38(29)50-41(32)34/h1-25,43-48H. The van der Waals surface area contributed by atoms with Crippen molar-refractivity contribution in [2.45, 2.75) is 18.5 Å². The van der Waals surface area contributed by atoms with Crippen molar-refractivity contribution in [1.82, 2.24) is 16.0 Å². The predicted octanol–water partition coefficient (Wildman–Crippen LogP) is 12.2. The number of para-hydroxylation sites is 2. The van der Waals surface area contributed by atoms with E-state index in [-0.39, 0.29) is 18.5 Å². The van der Waals surface area contributed by atoms with Gasteiger partial charge in [-0.2, -0.15) is 0 Å². The predicted molar refractivity (Wildman–Crippen MR) is 215 cm³/mol. The molecule has 244 valence electrons. The first-order valence-corrected chi connectivity index (χ1v) is 19.0. The minimum atomic E-state index is -0.155. The number of fused-ring (bicyclic) bond motifs is 9. The van der Waals surface area contributed by atoms with E-state index < -0.39 is 0 Å². The van der Waals surface area contributed by atoms with Crippen molar-refractivity contribution in [3.8, 4) is 11.1 Å². The van der Waals surface area contributed by atoms with Crippen LogP contribution in [-0.2, 0) is 0 Å². The van der Waals surface area contributed by atoms with Gasteiger partial charge >= 0.3 is 0 Å². The van der Waals surface area contributed by atoms with Gasteiger partial charge in [0.15, 0.2) is 0 Å². The van der Waals surface area contributed by atoms with Crippen LogP contribution in [0.1, 0.15) is 35.2 Å². The molecule has 51 heavy (non-hydrogen) atoms. The molecule has 1 saturated heterocycles. The molecular weight excluding hydrogens is 663 g/mol. The van der Waals surface area contributed by atoms with Gasteiger partial charge in [-0.15, -0.1) is 22.7 Å². The van der Waals surface area contributed by atoms with Gasteiger partial charge in [0.25, 0.3) is 0 Å². The highest BCUT2D eigenvalue weighted by Gasteiger charge is 2.31. The Balaban J connectivity index is 1.02. The third-order valence-electron chi connectivity index (χ3n) is 10.4. The van der Waals surface area contributed by atoms with Crippen LogP contribution in [0.4, 0.5) is 0 Å². The number of hydrogen-bond donors (Lipinski definition) is 3. The minimum absolute atomic E-state index is 0.0754. The third kappa shape index (κ3) is 4.69. The summed E-state index contributed by atoms with van der Waals surface area (Å²) in [5, 5.41) is 19.2. The molecular formula is C45H31N3OS2. The molecule has 3 unspecified atom stereocenters. The Kier molecular flexibility index (Phi) is 6.69. The maximum absolute atomic E-state index is 6.50. The Hall–Kier alpha value is -5.34. The fourth-order valence-corrected chi connectivity index (χ4v) is 10.5. The van der Waals surface area contributed by atoms with Crippen LogP contribution in [0.15, 0.2) is 156 Å². The van der Waals surface area contributed by atoms with Crippen LogP contribution in [0.5, 0.6) is 0 Å². The molecule has 11 rings (SSSR count). The van der Waals surface area contributed by atoms with E-state index in [0.717, 1.165) is 27.5 Å². The van der Waals surface area contributed by atoms with Crippen LogP contribution >= 0.6 is 22.7 Å². The van der Waals surface area contributed by atoms with Crippen molar-refractivity contribution in [3.63, 3.8) is 0 Å². The summed E-state index contributed by atoms with van der Waals surface area (Å²) in [4.78, 5) is 0. The molecule has 3 aromatic heterocycles. The number of nitrogens with one attached hydrogen (secondary N) is 3. The molecule has 1 aliphatic heterocycles. The van der Waals surface area contributed by atoms with Crippen molar-refractivity contribution in [1.29, 1.82) is 0 Å². The monoisotopic (exact) mass is 693 g/mol. The van der Waals surface area contributed by atoms with Gasteiger partial charge in [-0.1, -0.05) is 133 Å². The Morgan fingerprint density at radius 3 is 1.80 bits per heavy atom. The topological polar surface area (TPSA) is 49.2 Å². The van der Waals surface area contributed by atoms with E-state index in [1.807, 2.05) is 34.8 Å². The zero-order valence-corrected chi connectivity index (χ0v) is 29.0. The Morgan fingerprint density at radius 2 is 1.00 bits per heavy atom. The number of furan rings is 1. The molecule has 4 heterocycles. The van der Waals surface area contributed by atoms with Crippen molar-refractivity contribution < 1.29 is 4.42 Å². The molecule has 4 nitrogen and oxygen atoms in total. The van der Waals surface area contributed by atoms with Crippen LogP contribution in [0.25, 0.3) is 73.4 Å². The molecule has 6 heteroatoms. The van der Waals surface area contributed by atoms with E-state index in [0.29, 0.717) is 0 Å². The largest absolute Gasteiger partial charge is 0.456 e. The van der Waals surface area contributed by atoms with Crippen molar-refractivity contribution in [3.05, 3.63) is 168 Å². The molecule has 1 aliphatic rings. The maximum atomic E-state index is 6.50. The van der Waals surface area contributed by atoms with Crippen LogP contribution in [0.2, 0.25) is 0 Å². The lowest BCUT2D eigenvalue weighted by molar-refractivity contribution is 0.203. The van der Waals surface area contributed by atoms with E-state index in [9.17, 15) is 0 Å². The molecule has 0 spiro atoms. The summed E-state index contributed by atoms with van der Waals surface area (Å²) in [7, 11) is 0. The molecule has 0 amide bonds. The Morgan fingerprint density at radius 1 is 0.412 bits per heavy atom. The van der Waals surface area contributed by atoms with Gasteiger partial charge in [0.2, 0.25) is 0 Å². The fraction of sp³-hybridized carbons (Fsp3) is 0.0667. The average Bonchev–Trinajstić information content (AvgIpc) is 3.89. The highest BCUT2D eigenvalue weighted by molar-refractivity contribution is 7.27. The molecule has 1 fully saturated rings. The Labute approximate surface area is 302 Å². The van der Waals surface area contributed by atoms with Gasteiger partial charge in [0.05, 0.1) is 18.5 Å². The van der Waals surface area contributed by atoms with E-state index >= 15 is 0 Å². The minimum Gasteiger partial charge on any atom is -0.456 e. The molecule has 0 saturated carbocycles. The summed E-state index contributed by atoms with van der Waals surface area (Å²) >= 11 is 3.79. The second-order valence-electron chi connectivity index (χ2n) is 13.4. The van der Waals surface area contributed by atoms with Crippen LogP contribution in [0, 0.1) is 0 Å². The lowest BCUT2D eigenvalue weighted by Crippen LogP contribution is -2.54. The van der Waals surface area contributed by atoms with Gasteiger partial charge < -0.3 is 4.42 Å². The van der Waals surface area contributed by atoms with E-state index in [1.165, 1.54) is 62.6 Å². The molecule has 3 N–H and O–H groups in total. The van der Waals surface area contributed by atoms with E-state index in [1.54, 1.807) is 0 Å². The van der Waals surface area contributed by atoms with Gasteiger partial charge in [0, 0.05) is 67.8 Å². The fourth-order valence-electron chi connectivity index (χ4n) is 8.02. The Bertz CT molecular complexity index is 2940.